The third-order valence-electron chi connectivity index (χ3n) is 14.6. The topological polar surface area (TPSA) is 285 Å². The minimum Gasteiger partial charge on any atom is -0.480 e. The van der Waals surface area contributed by atoms with Crippen molar-refractivity contribution in [3.63, 3.8) is 0 Å². The zero-order valence-electron chi connectivity index (χ0n) is 53.0. The van der Waals surface area contributed by atoms with Crippen molar-refractivity contribution in [1.29, 1.82) is 0 Å². The van der Waals surface area contributed by atoms with Crippen LogP contribution in [0.2, 0.25) is 0 Å². The number of allylic oxidation sites excluding steroid dienone is 1. The average Bonchev–Trinajstić information content (AvgIpc) is 3.70. The lowest BCUT2D eigenvalue weighted by atomic mass is 10.1. The Bertz CT molecular complexity index is 2040. The van der Waals surface area contributed by atoms with Crippen molar-refractivity contribution in [2.75, 3.05) is 65.9 Å². The van der Waals surface area contributed by atoms with E-state index in [1.54, 1.807) is 24.3 Å². The Morgan fingerprint density at radius 2 is 1.12 bits per heavy atom. The van der Waals surface area contributed by atoms with Crippen LogP contribution >= 0.6 is 0 Å². The molecule has 0 spiro atoms. The van der Waals surface area contributed by atoms with Crippen molar-refractivity contribution >= 4 is 53.0 Å². The number of hydrogen-bond donors (Lipinski definition) is 5. The molecule has 6 N–H and O–H groups in total. The lowest BCUT2D eigenvalue weighted by Gasteiger charge is -2.22. The number of primary amides is 1. The Morgan fingerprint density at radius 3 is 1.67 bits per heavy atom. The summed E-state index contributed by atoms with van der Waals surface area (Å²) in [5.74, 6) is -6.95. The standard InChI is InChI=1S/C66H111N5O15/c1-5-7-9-11-13-15-17-19-21-23-25-30-41-84-52-57(85-43-31-26-24-22-20-18-16-14-12-10-8-6-2)48-68-61(75)38-37-58(66(80)81)70-62(76)40-44-83-46-45-82-42-32-35-56(72)36-39-63(77)71(50-60(67)74)49-59(73)54(4)69-65(79)53(3)47-64(78)86-51-55-33-28-27-29-34-55/h27-29,33-34,36,39,53-54,57-58H,5-26,30-32,35,37-38,40-52H2,1-4H3,(H2,67,74)(H,68,75)(H,69,79)(H,70,76)(H,80,81)/b39-36+/t53-,54+,57?,58+/m1/s1. The van der Waals surface area contributed by atoms with Crippen LogP contribution < -0.4 is 21.7 Å². The molecule has 490 valence electrons. The van der Waals surface area contributed by atoms with E-state index in [-0.39, 0.29) is 83.7 Å². The van der Waals surface area contributed by atoms with Crippen LogP contribution in [0.1, 0.15) is 226 Å². The number of ketones is 2. The second-order valence-corrected chi connectivity index (χ2v) is 22.6. The monoisotopic (exact) mass is 1210 g/mol. The predicted octanol–water partition coefficient (Wildman–Crippen LogP) is 9.74. The number of carboxylic acids is 1. The molecule has 5 amide bonds. The maximum absolute atomic E-state index is 13.0. The number of carbonyl (C=O) groups excluding carboxylic acids is 8. The molecule has 1 rings (SSSR count). The number of unbranched alkanes of at least 4 members (excludes halogenated alkanes) is 22. The second-order valence-electron chi connectivity index (χ2n) is 22.6. The summed E-state index contributed by atoms with van der Waals surface area (Å²) in [7, 11) is 0. The molecule has 0 fully saturated rings. The maximum Gasteiger partial charge on any atom is 0.326 e. The van der Waals surface area contributed by atoms with E-state index in [4.69, 9.17) is 29.4 Å². The lowest BCUT2D eigenvalue weighted by molar-refractivity contribution is -0.148. The van der Waals surface area contributed by atoms with E-state index >= 15 is 0 Å². The van der Waals surface area contributed by atoms with Gasteiger partial charge in [-0.3, -0.25) is 38.4 Å². The summed E-state index contributed by atoms with van der Waals surface area (Å²) in [6.07, 6.45) is 31.5. The van der Waals surface area contributed by atoms with Gasteiger partial charge in [-0.15, -0.1) is 0 Å². The molecule has 0 aliphatic carbocycles. The number of Topliss-reactive ketones (excluding diaryl/α,β-unsaturated/α-hetero) is 1. The van der Waals surface area contributed by atoms with E-state index in [0.29, 0.717) is 26.2 Å². The smallest absolute Gasteiger partial charge is 0.326 e. The molecule has 0 saturated heterocycles. The number of nitrogens with one attached hydrogen (secondary N) is 3. The quantitative estimate of drug-likeness (QED) is 0.0230. The molecule has 0 aliphatic rings. The largest absolute Gasteiger partial charge is 0.480 e. The number of nitrogens with two attached hydrogens (primary N) is 1. The highest BCUT2D eigenvalue weighted by molar-refractivity contribution is 6.01. The number of carboxylic acid groups (broad SMARTS) is 1. The Hall–Kier alpha value is -5.57. The summed E-state index contributed by atoms with van der Waals surface area (Å²) in [5.41, 5.74) is 6.10. The van der Waals surface area contributed by atoms with Gasteiger partial charge in [-0.25, -0.2) is 4.79 Å². The first-order chi connectivity index (χ1) is 41.6. The number of amides is 5. The molecule has 0 bridgehead atoms. The first-order valence-corrected chi connectivity index (χ1v) is 32.5. The fourth-order valence-electron chi connectivity index (χ4n) is 9.22. The molecule has 4 atom stereocenters. The number of ether oxygens (including phenoxy) is 5. The van der Waals surface area contributed by atoms with Crippen LogP contribution in [0.5, 0.6) is 0 Å². The van der Waals surface area contributed by atoms with Crippen molar-refractivity contribution in [1.82, 2.24) is 20.9 Å². The van der Waals surface area contributed by atoms with Crippen molar-refractivity contribution in [3.05, 3.63) is 48.0 Å². The Kier molecular flexibility index (Phi) is 48.9. The van der Waals surface area contributed by atoms with Gasteiger partial charge in [0.05, 0.1) is 51.5 Å². The van der Waals surface area contributed by atoms with Gasteiger partial charge < -0.3 is 55.4 Å². The van der Waals surface area contributed by atoms with Gasteiger partial charge in [-0.05, 0) is 44.2 Å². The molecule has 20 heteroatoms. The van der Waals surface area contributed by atoms with Gasteiger partial charge in [0.25, 0.3) is 0 Å². The SMILES string of the molecule is CCCCCCCCCCCCCCOCC(CNC(=O)CC[C@H](NC(=O)CCOCCOCCCC(=O)/C=C/C(=O)N(CC(N)=O)CC(=O)[C@H](C)NC(=O)[C@H](C)CC(=O)OCc1ccccc1)C(=O)O)OCCCCCCCCCCCCCC. The molecule has 0 heterocycles. The van der Waals surface area contributed by atoms with Crippen LogP contribution in [0.15, 0.2) is 42.5 Å². The highest BCUT2D eigenvalue weighted by Gasteiger charge is 2.26. The number of hydrogen-bond acceptors (Lipinski definition) is 14. The van der Waals surface area contributed by atoms with Crippen molar-refractivity contribution in [2.24, 2.45) is 11.7 Å². The van der Waals surface area contributed by atoms with Crippen LogP contribution in [0.25, 0.3) is 0 Å². The number of carbonyl (C=O) groups is 9. The highest BCUT2D eigenvalue weighted by atomic mass is 16.5. The molecule has 1 aromatic rings. The average molecular weight is 1210 g/mol. The van der Waals surface area contributed by atoms with Gasteiger partial charge in [-0.1, -0.05) is 192 Å². The minimum absolute atomic E-state index is 0.00993. The van der Waals surface area contributed by atoms with E-state index in [1.165, 1.54) is 142 Å². The van der Waals surface area contributed by atoms with E-state index in [1.807, 2.05) is 6.07 Å². The van der Waals surface area contributed by atoms with Crippen molar-refractivity contribution in [3.8, 4) is 0 Å². The summed E-state index contributed by atoms with van der Waals surface area (Å²) >= 11 is 0. The van der Waals surface area contributed by atoms with Gasteiger partial charge in [0.1, 0.15) is 19.2 Å². The molecule has 1 unspecified atom stereocenters. The zero-order chi connectivity index (χ0) is 63.3. The van der Waals surface area contributed by atoms with Crippen LogP contribution in [0, 0.1) is 5.92 Å². The van der Waals surface area contributed by atoms with Gasteiger partial charge in [0, 0.05) is 57.6 Å². The Balaban J connectivity index is 2.40. The predicted molar refractivity (Wildman–Crippen MR) is 333 cm³/mol. The van der Waals surface area contributed by atoms with Gasteiger partial charge >= 0.3 is 11.9 Å². The molecule has 20 nitrogen and oxygen atoms in total. The van der Waals surface area contributed by atoms with E-state index < -0.39 is 78.2 Å². The molecule has 0 aromatic heterocycles. The van der Waals surface area contributed by atoms with Gasteiger partial charge in [0.2, 0.25) is 29.5 Å². The number of benzene rings is 1. The summed E-state index contributed by atoms with van der Waals surface area (Å²) in [5, 5.41) is 17.7. The number of rotatable bonds is 59. The summed E-state index contributed by atoms with van der Waals surface area (Å²) in [6.45, 7) is 8.43. The number of esters is 1. The van der Waals surface area contributed by atoms with Crippen LogP contribution in [-0.4, -0.2) is 147 Å². The zero-order valence-corrected chi connectivity index (χ0v) is 53.0. The number of aliphatic carboxylic acids is 1. The van der Waals surface area contributed by atoms with Gasteiger partial charge in [-0.2, -0.15) is 0 Å². The minimum atomic E-state index is -1.27. The van der Waals surface area contributed by atoms with Crippen molar-refractivity contribution in [2.45, 2.75) is 245 Å². The summed E-state index contributed by atoms with van der Waals surface area (Å²) in [4.78, 5) is 114. The first-order valence-electron chi connectivity index (χ1n) is 32.5. The molecular formula is C66H111N5O15. The van der Waals surface area contributed by atoms with Crippen LogP contribution in [0.4, 0.5) is 0 Å². The molecular weight excluding hydrogens is 1100 g/mol. The molecule has 1 aromatic carbocycles. The highest BCUT2D eigenvalue weighted by Crippen LogP contribution is 2.15. The third kappa shape index (κ3) is 45.7. The molecule has 0 radical (unpaired) electrons. The normalized spacial score (nSPS) is 12.7. The fraction of sp³-hybridized carbons (Fsp3) is 0.742. The van der Waals surface area contributed by atoms with Crippen LogP contribution in [-0.2, 0) is 73.4 Å². The number of nitrogens with zero attached hydrogens (tertiary/aromatic N) is 1. The van der Waals surface area contributed by atoms with E-state index in [2.05, 4.69) is 29.8 Å². The van der Waals surface area contributed by atoms with E-state index in [9.17, 15) is 48.3 Å². The van der Waals surface area contributed by atoms with Crippen LogP contribution in [0.3, 0.4) is 0 Å². The van der Waals surface area contributed by atoms with Crippen molar-refractivity contribution < 1.29 is 71.9 Å². The molecule has 86 heavy (non-hydrogen) atoms. The summed E-state index contributed by atoms with van der Waals surface area (Å²) in [6, 6.07) is 6.66. The Labute approximate surface area is 514 Å². The Morgan fingerprint density at radius 1 is 0.581 bits per heavy atom. The summed E-state index contributed by atoms with van der Waals surface area (Å²) < 4.78 is 28.4. The lowest BCUT2D eigenvalue weighted by Crippen LogP contribution is -2.48. The fourth-order valence-corrected chi connectivity index (χ4v) is 9.22. The first kappa shape index (κ1) is 78.4. The van der Waals surface area contributed by atoms with E-state index in [0.717, 1.165) is 48.3 Å². The molecule has 0 saturated carbocycles. The maximum atomic E-state index is 13.0. The van der Waals surface area contributed by atoms with Gasteiger partial charge in [0.15, 0.2) is 11.6 Å². The molecule has 0 aliphatic heterocycles. The third-order valence-corrected chi connectivity index (χ3v) is 14.6. The second kappa shape index (κ2) is 53.7.